The van der Waals surface area contributed by atoms with Crippen molar-refractivity contribution in [1.82, 2.24) is 4.90 Å². The van der Waals surface area contributed by atoms with Gasteiger partial charge < -0.3 is 9.64 Å². The van der Waals surface area contributed by atoms with E-state index >= 15 is 0 Å². The number of hydrogen-bond donors (Lipinski definition) is 0. The van der Waals surface area contributed by atoms with Gasteiger partial charge in [-0.1, -0.05) is 128 Å². The van der Waals surface area contributed by atoms with Gasteiger partial charge in [0.25, 0.3) is 0 Å². The van der Waals surface area contributed by atoms with Gasteiger partial charge in [-0.25, -0.2) is 4.79 Å². The maximum Gasteiger partial charge on any atom is 0.336 e. The van der Waals surface area contributed by atoms with Crippen molar-refractivity contribution in [3.63, 3.8) is 0 Å². The van der Waals surface area contributed by atoms with Crippen LogP contribution in [0.3, 0.4) is 0 Å². The van der Waals surface area contributed by atoms with E-state index in [2.05, 4.69) is 120 Å². The molecule has 0 spiro atoms. The first-order valence-corrected chi connectivity index (χ1v) is 22.1. The molecule has 0 saturated carbocycles. The number of piperidine rings is 1. The summed E-state index contributed by atoms with van der Waals surface area (Å²) in [6, 6.07) is 25.0. The molecule has 1 fully saturated rings. The van der Waals surface area contributed by atoms with Crippen LogP contribution in [-0.4, -0.2) is 43.3 Å². The number of esters is 1. The van der Waals surface area contributed by atoms with Crippen LogP contribution in [0.5, 0.6) is 0 Å². The Hall–Kier alpha value is -2.21. The first kappa shape index (κ1) is 45.2. The molecular formula is C46H69N2O2P3. The third-order valence-electron chi connectivity index (χ3n) is 11.2. The average Bonchev–Trinajstić information content (AvgIpc) is 3.33. The van der Waals surface area contributed by atoms with Crippen molar-refractivity contribution < 1.29 is 9.53 Å². The van der Waals surface area contributed by atoms with Crippen LogP contribution in [0.25, 0.3) is 0 Å². The zero-order chi connectivity index (χ0) is 39.0. The average molecular weight is 775 g/mol. The SMILES string of the molecule is CC.CC.CCC1=C(C(=O)OC)C(c2ccc(CC)c(P)c2)CC(CCCCCCN2CCC(c3ccc(P)cc3)(c3ccc(P)cc3)CC2)C(C)=N1. The van der Waals surface area contributed by atoms with E-state index in [1.165, 1.54) is 77.5 Å². The molecule has 2 aliphatic heterocycles. The second kappa shape index (κ2) is 23.0. The minimum atomic E-state index is -0.241. The normalized spacial score (nSPS) is 18.5. The zero-order valence-electron chi connectivity index (χ0n) is 34.1. The molecule has 0 N–H and O–H groups in total. The topological polar surface area (TPSA) is 41.9 Å². The molecule has 5 unspecified atom stereocenters. The molecule has 0 aliphatic carbocycles. The van der Waals surface area contributed by atoms with Crippen LogP contribution in [0, 0.1) is 5.92 Å². The Balaban J connectivity index is 0.00000183. The highest BCUT2D eigenvalue weighted by Crippen LogP contribution is 2.42. The van der Waals surface area contributed by atoms with Gasteiger partial charge in [0.15, 0.2) is 0 Å². The van der Waals surface area contributed by atoms with Gasteiger partial charge in [-0.15, -0.1) is 27.7 Å². The quantitative estimate of drug-likeness (QED) is 0.0987. The highest BCUT2D eigenvalue weighted by atomic mass is 31.0. The van der Waals surface area contributed by atoms with Crippen molar-refractivity contribution >= 4 is 55.3 Å². The highest BCUT2D eigenvalue weighted by molar-refractivity contribution is 7.27. The van der Waals surface area contributed by atoms with Crippen LogP contribution in [0.15, 0.2) is 83.0 Å². The van der Waals surface area contributed by atoms with Gasteiger partial charge in [0, 0.05) is 17.0 Å². The summed E-state index contributed by atoms with van der Waals surface area (Å²) in [6.45, 7) is 17.9. The third kappa shape index (κ3) is 11.9. The lowest BCUT2D eigenvalue weighted by Gasteiger charge is -2.43. The third-order valence-corrected chi connectivity index (χ3v) is 12.5. The van der Waals surface area contributed by atoms with E-state index in [4.69, 9.17) is 9.73 Å². The number of carbonyl (C=O) groups is 1. The van der Waals surface area contributed by atoms with E-state index in [9.17, 15) is 4.79 Å². The van der Waals surface area contributed by atoms with Gasteiger partial charge in [0.2, 0.25) is 0 Å². The largest absolute Gasteiger partial charge is 0.466 e. The molecule has 2 aliphatic rings. The van der Waals surface area contributed by atoms with Crippen LogP contribution >= 0.6 is 27.7 Å². The molecule has 1 saturated heterocycles. The Kier molecular flexibility index (Phi) is 19.6. The molecule has 53 heavy (non-hydrogen) atoms. The van der Waals surface area contributed by atoms with Gasteiger partial charge in [-0.2, -0.15) is 0 Å². The lowest BCUT2D eigenvalue weighted by atomic mass is 9.68. The molecule has 3 aromatic carbocycles. The van der Waals surface area contributed by atoms with Crippen molar-refractivity contribution in [2.45, 2.75) is 124 Å². The first-order valence-electron chi connectivity index (χ1n) is 20.4. The van der Waals surface area contributed by atoms with E-state index in [0.29, 0.717) is 5.92 Å². The number of aryl methyl sites for hydroxylation is 1. The first-order chi connectivity index (χ1) is 25.7. The van der Waals surface area contributed by atoms with Crippen molar-refractivity contribution in [1.29, 1.82) is 0 Å². The van der Waals surface area contributed by atoms with E-state index in [-0.39, 0.29) is 17.3 Å². The van der Waals surface area contributed by atoms with Gasteiger partial charge in [-0.3, -0.25) is 4.99 Å². The fraction of sp³-hybridized carbons (Fsp3) is 0.522. The lowest BCUT2D eigenvalue weighted by molar-refractivity contribution is -0.136. The summed E-state index contributed by atoms with van der Waals surface area (Å²) in [6.07, 6.45) is 10.9. The predicted molar refractivity (Wildman–Crippen MR) is 242 cm³/mol. The molecule has 5 atom stereocenters. The van der Waals surface area contributed by atoms with Gasteiger partial charge >= 0.3 is 5.97 Å². The van der Waals surface area contributed by atoms with E-state index in [0.717, 1.165) is 68.6 Å². The standard InChI is InChI=1S/C42H57N2O2P3.2C2H6/c1-5-30-12-13-32(28-39(30)49)37-27-31(29(3)43-38(6-2)40(37)41(45)46-4)11-9-7-8-10-24-44-25-22-42(23-26-44,33-14-18-35(47)19-15-33)34-16-20-36(48)21-17-34;2*1-2/h12-21,28,31,37H,5-11,22-27,47-49H2,1-4H3;2*1-2H3. The number of hydrogen-bond acceptors (Lipinski definition) is 4. The minimum Gasteiger partial charge on any atom is -0.466 e. The van der Waals surface area contributed by atoms with E-state index in [1.807, 2.05) is 27.7 Å². The molecule has 0 amide bonds. The number of methoxy groups -OCH3 is 1. The summed E-state index contributed by atoms with van der Waals surface area (Å²) in [5.74, 6) is 0.0981. The Morgan fingerprint density at radius 3 is 1.89 bits per heavy atom. The molecule has 2 heterocycles. The zero-order valence-corrected chi connectivity index (χ0v) is 37.6. The molecule has 0 radical (unpaired) electrons. The number of aliphatic imine (C=N–C) groups is 1. The molecule has 4 nitrogen and oxygen atoms in total. The fourth-order valence-electron chi connectivity index (χ4n) is 8.15. The molecule has 290 valence electrons. The van der Waals surface area contributed by atoms with Crippen LogP contribution in [0.4, 0.5) is 0 Å². The highest BCUT2D eigenvalue weighted by Gasteiger charge is 2.38. The van der Waals surface area contributed by atoms with Crippen LogP contribution < -0.4 is 15.9 Å². The Morgan fingerprint density at radius 2 is 1.38 bits per heavy atom. The van der Waals surface area contributed by atoms with Gasteiger partial charge in [0.1, 0.15) is 0 Å². The Morgan fingerprint density at radius 1 is 0.811 bits per heavy atom. The molecule has 3 aromatic rings. The number of allylic oxidation sites excluding steroid dienone is 1. The minimum absolute atomic E-state index is 0.0115. The monoisotopic (exact) mass is 774 g/mol. The Labute approximate surface area is 330 Å². The summed E-state index contributed by atoms with van der Waals surface area (Å²) < 4.78 is 5.34. The molecular weight excluding hydrogens is 705 g/mol. The number of ether oxygens (including phenoxy) is 1. The van der Waals surface area contributed by atoms with E-state index in [1.54, 1.807) is 0 Å². The van der Waals surface area contributed by atoms with Gasteiger partial charge in [0.05, 0.1) is 18.4 Å². The number of rotatable bonds is 13. The van der Waals surface area contributed by atoms with Crippen molar-refractivity contribution in [3.8, 4) is 0 Å². The number of benzene rings is 3. The lowest BCUT2D eigenvalue weighted by Crippen LogP contribution is -2.43. The van der Waals surface area contributed by atoms with Crippen LogP contribution in [0.2, 0.25) is 0 Å². The second-order valence-corrected chi connectivity index (χ2v) is 16.1. The summed E-state index contributed by atoms with van der Waals surface area (Å²) in [5, 5.41) is 3.69. The summed E-state index contributed by atoms with van der Waals surface area (Å²) in [5.41, 5.74) is 8.28. The van der Waals surface area contributed by atoms with Crippen LogP contribution in [0.1, 0.15) is 134 Å². The molecule has 7 heteroatoms. The fourth-order valence-corrected chi connectivity index (χ4v) is 9.02. The maximum absolute atomic E-state index is 13.2. The predicted octanol–water partition coefficient (Wildman–Crippen LogP) is 10.2. The number of likely N-dealkylation sites (tertiary alicyclic amines) is 1. The number of nitrogens with zero attached hydrogens (tertiary/aromatic N) is 2. The number of carbonyl (C=O) groups excluding carboxylic acids is 1. The molecule has 5 rings (SSSR count). The van der Waals surface area contributed by atoms with E-state index < -0.39 is 0 Å². The molecule has 0 bridgehead atoms. The maximum atomic E-state index is 13.2. The van der Waals surface area contributed by atoms with Crippen molar-refractivity contribution in [2.75, 3.05) is 26.7 Å². The number of unbranched alkanes of at least 4 members (excludes halogenated alkanes) is 3. The second-order valence-electron chi connectivity index (χ2n) is 14.1. The molecule has 0 aromatic heterocycles. The smallest absolute Gasteiger partial charge is 0.336 e. The van der Waals surface area contributed by atoms with Crippen molar-refractivity contribution in [3.05, 3.63) is 100 Å². The summed E-state index contributed by atoms with van der Waals surface area (Å²) in [7, 11) is 10.0. The van der Waals surface area contributed by atoms with Crippen LogP contribution in [-0.2, 0) is 21.4 Å². The summed E-state index contributed by atoms with van der Waals surface area (Å²) >= 11 is 0. The summed E-state index contributed by atoms with van der Waals surface area (Å²) in [4.78, 5) is 21.0. The van der Waals surface area contributed by atoms with Gasteiger partial charge in [-0.05, 0) is 116 Å². The van der Waals surface area contributed by atoms with Crippen molar-refractivity contribution in [2.24, 2.45) is 10.9 Å². The Bertz CT molecular complexity index is 1580.